The molecule has 0 radical (unpaired) electrons. The lowest BCUT2D eigenvalue weighted by atomic mass is 10.2. The van der Waals surface area contributed by atoms with Gasteiger partial charge in [0.2, 0.25) is 0 Å². The van der Waals surface area contributed by atoms with E-state index in [1.165, 1.54) is 19.5 Å². The Morgan fingerprint density at radius 2 is 2.42 bits per heavy atom. The molecule has 0 aromatic carbocycles. The van der Waals surface area contributed by atoms with Gasteiger partial charge in [0.25, 0.3) is 0 Å². The van der Waals surface area contributed by atoms with E-state index in [4.69, 9.17) is 4.74 Å². The van der Waals surface area contributed by atoms with Crippen molar-refractivity contribution in [2.45, 2.75) is 25.4 Å². The molecule has 0 saturated carbocycles. The van der Waals surface area contributed by atoms with Gasteiger partial charge in [-0.15, -0.1) is 0 Å². The van der Waals surface area contributed by atoms with Crippen LogP contribution in [0, 0.1) is 0 Å². The predicted molar refractivity (Wildman–Crippen MR) is 50.4 cm³/mol. The lowest BCUT2D eigenvalue weighted by molar-refractivity contribution is 0.167. The van der Waals surface area contributed by atoms with Gasteiger partial charge in [-0.3, -0.25) is 0 Å². The van der Waals surface area contributed by atoms with Crippen molar-refractivity contribution in [3.05, 3.63) is 0 Å². The van der Waals surface area contributed by atoms with Crippen molar-refractivity contribution < 1.29 is 4.74 Å². The van der Waals surface area contributed by atoms with Crippen LogP contribution in [-0.4, -0.2) is 50.8 Å². The second-order valence-corrected chi connectivity index (χ2v) is 3.77. The summed E-state index contributed by atoms with van der Waals surface area (Å²) >= 11 is 0. The lowest BCUT2D eigenvalue weighted by Crippen LogP contribution is -2.40. The summed E-state index contributed by atoms with van der Waals surface area (Å²) in [5.74, 6) is 0. The van der Waals surface area contributed by atoms with Crippen LogP contribution in [0.4, 0.5) is 0 Å². The third kappa shape index (κ3) is 3.09. The summed E-state index contributed by atoms with van der Waals surface area (Å²) in [6.07, 6.45) is 1.27. The van der Waals surface area contributed by atoms with E-state index >= 15 is 0 Å². The van der Waals surface area contributed by atoms with Crippen LogP contribution in [0.1, 0.15) is 13.3 Å². The van der Waals surface area contributed by atoms with Gasteiger partial charge in [-0.05, 0) is 26.9 Å². The van der Waals surface area contributed by atoms with E-state index in [-0.39, 0.29) is 0 Å². The van der Waals surface area contributed by atoms with Gasteiger partial charge in [-0.1, -0.05) is 0 Å². The van der Waals surface area contributed by atoms with E-state index in [0.29, 0.717) is 12.1 Å². The molecule has 1 aliphatic heterocycles. The molecule has 0 amide bonds. The molecule has 1 heterocycles. The van der Waals surface area contributed by atoms with Gasteiger partial charge >= 0.3 is 0 Å². The normalized spacial score (nSPS) is 27.8. The van der Waals surface area contributed by atoms with Crippen LogP contribution < -0.4 is 5.32 Å². The zero-order chi connectivity index (χ0) is 8.97. The van der Waals surface area contributed by atoms with Crippen LogP contribution in [-0.2, 0) is 4.74 Å². The Kier molecular flexibility index (Phi) is 3.98. The topological polar surface area (TPSA) is 24.5 Å². The molecule has 1 rings (SSSR count). The number of rotatable bonds is 4. The predicted octanol–water partition coefficient (Wildman–Crippen LogP) is 0.315. The van der Waals surface area contributed by atoms with Crippen molar-refractivity contribution in [3.8, 4) is 0 Å². The molecule has 3 heteroatoms. The molecule has 2 unspecified atom stereocenters. The number of likely N-dealkylation sites (tertiary alicyclic amines) is 1. The number of likely N-dealkylation sites (N-methyl/N-ethyl adjacent to an activating group) is 1. The lowest BCUT2D eigenvalue weighted by Gasteiger charge is -2.18. The summed E-state index contributed by atoms with van der Waals surface area (Å²) < 4.78 is 5.06. The minimum atomic E-state index is 0.478. The Morgan fingerprint density at radius 3 is 2.92 bits per heavy atom. The average Bonchev–Trinajstić information content (AvgIpc) is 2.36. The summed E-state index contributed by atoms with van der Waals surface area (Å²) in [6.45, 7) is 5.37. The van der Waals surface area contributed by atoms with E-state index in [1.807, 2.05) is 0 Å². The maximum absolute atomic E-state index is 5.06. The molecule has 0 aromatic rings. The molecule has 1 aliphatic rings. The van der Waals surface area contributed by atoms with Gasteiger partial charge in [0, 0.05) is 25.7 Å². The van der Waals surface area contributed by atoms with E-state index in [0.717, 1.165) is 6.61 Å². The van der Waals surface area contributed by atoms with Gasteiger partial charge in [0.1, 0.15) is 0 Å². The first kappa shape index (κ1) is 9.96. The van der Waals surface area contributed by atoms with Crippen molar-refractivity contribution >= 4 is 0 Å². The summed E-state index contributed by atoms with van der Waals surface area (Å²) in [6, 6.07) is 1.15. The van der Waals surface area contributed by atoms with E-state index in [9.17, 15) is 0 Å². The van der Waals surface area contributed by atoms with Crippen molar-refractivity contribution in [2.75, 3.05) is 33.9 Å². The monoisotopic (exact) mass is 172 g/mol. The first-order valence-electron chi connectivity index (χ1n) is 4.66. The van der Waals surface area contributed by atoms with E-state index in [2.05, 4.69) is 24.2 Å². The molecule has 12 heavy (non-hydrogen) atoms. The molecule has 1 N–H and O–H groups in total. The summed E-state index contributed by atoms with van der Waals surface area (Å²) in [5.41, 5.74) is 0. The highest BCUT2D eigenvalue weighted by atomic mass is 16.5. The highest BCUT2D eigenvalue weighted by molar-refractivity contribution is 4.80. The van der Waals surface area contributed by atoms with Crippen molar-refractivity contribution in [3.63, 3.8) is 0 Å². The maximum atomic E-state index is 5.06. The fraction of sp³-hybridized carbons (Fsp3) is 1.00. The molecule has 1 fully saturated rings. The summed E-state index contributed by atoms with van der Waals surface area (Å²) in [7, 11) is 3.92. The second kappa shape index (κ2) is 4.80. The largest absolute Gasteiger partial charge is 0.383 e. The van der Waals surface area contributed by atoms with Gasteiger partial charge in [-0.2, -0.15) is 0 Å². The average molecular weight is 172 g/mol. The van der Waals surface area contributed by atoms with Crippen LogP contribution in [0.5, 0.6) is 0 Å². The van der Waals surface area contributed by atoms with Crippen molar-refractivity contribution in [1.82, 2.24) is 10.2 Å². The van der Waals surface area contributed by atoms with Crippen LogP contribution in [0.3, 0.4) is 0 Å². The minimum Gasteiger partial charge on any atom is -0.383 e. The first-order chi connectivity index (χ1) is 5.72. The molecule has 0 aromatic heterocycles. The zero-order valence-electron chi connectivity index (χ0n) is 8.34. The van der Waals surface area contributed by atoms with Crippen LogP contribution >= 0.6 is 0 Å². The Bertz CT molecular complexity index is 130. The third-order valence-electron chi connectivity index (χ3n) is 2.33. The fourth-order valence-electron chi connectivity index (χ4n) is 1.77. The molecule has 3 nitrogen and oxygen atoms in total. The highest BCUT2D eigenvalue weighted by Gasteiger charge is 2.20. The van der Waals surface area contributed by atoms with E-state index in [1.54, 1.807) is 7.11 Å². The highest BCUT2D eigenvalue weighted by Crippen LogP contribution is 2.06. The van der Waals surface area contributed by atoms with E-state index < -0.39 is 0 Å². The van der Waals surface area contributed by atoms with Gasteiger partial charge in [-0.25, -0.2) is 0 Å². The van der Waals surface area contributed by atoms with Gasteiger partial charge in [0.15, 0.2) is 0 Å². The smallest absolute Gasteiger partial charge is 0.0613 e. The summed E-state index contributed by atoms with van der Waals surface area (Å²) in [4.78, 5) is 2.36. The Balaban J connectivity index is 2.14. The molecule has 0 bridgehead atoms. The fourth-order valence-corrected chi connectivity index (χ4v) is 1.77. The van der Waals surface area contributed by atoms with Crippen LogP contribution in [0.15, 0.2) is 0 Å². The molecule has 72 valence electrons. The molecule has 2 atom stereocenters. The Morgan fingerprint density at radius 1 is 1.67 bits per heavy atom. The minimum absolute atomic E-state index is 0.478. The standard InChI is InChI=1S/C9H20N2O/c1-8(7-12-3)10-9-4-5-11(2)6-9/h8-10H,4-7H2,1-3H3. The van der Waals surface area contributed by atoms with Crippen molar-refractivity contribution in [1.29, 1.82) is 0 Å². The second-order valence-electron chi connectivity index (χ2n) is 3.77. The van der Waals surface area contributed by atoms with Crippen LogP contribution in [0.25, 0.3) is 0 Å². The maximum Gasteiger partial charge on any atom is 0.0613 e. The molecular weight excluding hydrogens is 152 g/mol. The van der Waals surface area contributed by atoms with Gasteiger partial charge in [0.05, 0.1) is 6.61 Å². The molecule has 1 saturated heterocycles. The Labute approximate surface area is 75.1 Å². The number of hydrogen-bond acceptors (Lipinski definition) is 3. The summed E-state index contributed by atoms with van der Waals surface area (Å²) in [5, 5.41) is 3.54. The number of nitrogens with one attached hydrogen (secondary N) is 1. The number of ether oxygens (including phenoxy) is 1. The van der Waals surface area contributed by atoms with Gasteiger partial charge < -0.3 is 15.0 Å². The number of methoxy groups -OCH3 is 1. The molecule has 0 spiro atoms. The molecular formula is C9H20N2O. The Hall–Kier alpha value is -0.120. The zero-order valence-corrected chi connectivity index (χ0v) is 8.34. The third-order valence-corrected chi connectivity index (χ3v) is 2.33. The quantitative estimate of drug-likeness (QED) is 0.661. The van der Waals surface area contributed by atoms with Crippen molar-refractivity contribution in [2.24, 2.45) is 0 Å². The van der Waals surface area contributed by atoms with Crippen LogP contribution in [0.2, 0.25) is 0 Å². The number of hydrogen-bond donors (Lipinski definition) is 1. The molecule has 0 aliphatic carbocycles. The SMILES string of the molecule is COCC(C)NC1CCN(C)C1. The first-order valence-corrected chi connectivity index (χ1v) is 4.66. The number of nitrogens with zero attached hydrogens (tertiary/aromatic N) is 1.